The van der Waals surface area contributed by atoms with Gasteiger partial charge in [-0.15, -0.1) is 0 Å². The molecule has 5 rings (SSSR count). The van der Waals surface area contributed by atoms with E-state index in [0.29, 0.717) is 17.2 Å². The van der Waals surface area contributed by atoms with Crippen LogP contribution in [0, 0.1) is 19.8 Å². The van der Waals surface area contributed by atoms with Gasteiger partial charge in [0.2, 0.25) is 11.8 Å². The Morgan fingerprint density at radius 3 is 2.49 bits per heavy atom. The minimum atomic E-state index is -4.01. The number of hydrogen-bond donors (Lipinski definition) is 3. The fourth-order valence-corrected chi connectivity index (χ4v) is 6.44. The van der Waals surface area contributed by atoms with Crippen molar-refractivity contribution in [2.24, 2.45) is 5.92 Å². The second kappa shape index (κ2) is 10.8. The number of aliphatic hydroxyl groups is 1. The average Bonchev–Trinajstić information content (AvgIpc) is 2.87. The molecule has 0 saturated heterocycles. The zero-order valence-electron chi connectivity index (χ0n) is 21.3. The Morgan fingerprint density at radius 2 is 1.73 bits per heavy atom. The zero-order valence-corrected chi connectivity index (χ0v) is 22.1. The Morgan fingerprint density at radius 1 is 1.00 bits per heavy atom. The number of aliphatic hydroxyl groups excluding tert-OH is 1. The summed E-state index contributed by atoms with van der Waals surface area (Å²) in [7, 11) is -4.01. The van der Waals surface area contributed by atoms with Gasteiger partial charge in [0.05, 0.1) is 10.6 Å². The lowest BCUT2D eigenvalue weighted by Gasteiger charge is -2.29. The van der Waals surface area contributed by atoms with Gasteiger partial charge in [0.1, 0.15) is 12.8 Å². The SMILES string of the molecule is Cc1cccc(C)c1-c1cc2nc(n1)NS(=O)(=O)c1cccc(c1)C(O)N[C@H](CC1CCCCC1)CO2. The van der Waals surface area contributed by atoms with Crippen LogP contribution in [0.5, 0.6) is 5.88 Å². The third-order valence-corrected chi connectivity index (χ3v) is 8.64. The van der Waals surface area contributed by atoms with Crippen LogP contribution in [0.2, 0.25) is 0 Å². The first-order valence-corrected chi connectivity index (χ1v) is 14.4. The van der Waals surface area contributed by atoms with E-state index < -0.39 is 16.3 Å². The Kier molecular flexibility index (Phi) is 7.46. The first kappa shape index (κ1) is 25.6. The average molecular weight is 523 g/mol. The third kappa shape index (κ3) is 5.95. The number of nitrogens with zero attached hydrogens (tertiary/aromatic N) is 2. The van der Waals surface area contributed by atoms with Crippen molar-refractivity contribution in [1.29, 1.82) is 0 Å². The summed E-state index contributed by atoms with van der Waals surface area (Å²) < 4.78 is 35.2. The van der Waals surface area contributed by atoms with Crippen LogP contribution in [0.25, 0.3) is 11.3 Å². The topological polar surface area (TPSA) is 113 Å². The highest BCUT2D eigenvalue weighted by Crippen LogP contribution is 2.31. The molecular formula is C28H34N4O4S. The van der Waals surface area contributed by atoms with E-state index in [1.54, 1.807) is 18.2 Å². The van der Waals surface area contributed by atoms with Crippen molar-refractivity contribution < 1.29 is 18.3 Å². The number of aromatic nitrogens is 2. The van der Waals surface area contributed by atoms with Gasteiger partial charge in [-0.2, -0.15) is 4.98 Å². The normalized spacial score (nSPS) is 22.0. The molecule has 1 fully saturated rings. The van der Waals surface area contributed by atoms with Crippen LogP contribution < -0.4 is 14.8 Å². The Balaban J connectivity index is 1.57. The van der Waals surface area contributed by atoms with Gasteiger partial charge < -0.3 is 9.84 Å². The second-order valence-corrected chi connectivity index (χ2v) is 11.9. The molecule has 2 aliphatic rings. The summed E-state index contributed by atoms with van der Waals surface area (Å²) in [6.07, 6.45) is 5.87. The van der Waals surface area contributed by atoms with E-state index in [1.165, 1.54) is 44.2 Å². The lowest BCUT2D eigenvalue weighted by molar-refractivity contribution is 0.0966. The zero-order chi connectivity index (χ0) is 26.0. The summed E-state index contributed by atoms with van der Waals surface area (Å²) in [6, 6.07) is 13.9. The van der Waals surface area contributed by atoms with Crippen LogP contribution in [0.15, 0.2) is 53.4 Å². The molecule has 8 nitrogen and oxygen atoms in total. The number of fused-ring (bicyclic) bond motifs is 4. The monoisotopic (exact) mass is 522 g/mol. The summed E-state index contributed by atoms with van der Waals surface area (Å²) in [5.41, 5.74) is 4.00. The first-order valence-electron chi connectivity index (χ1n) is 12.9. The third-order valence-electron chi connectivity index (χ3n) is 7.32. The smallest absolute Gasteiger partial charge is 0.264 e. The lowest BCUT2D eigenvalue weighted by atomic mass is 9.85. The van der Waals surface area contributed by atoms with E-state index in [2.05, 4.69) is 20.0 Å². The van der Waals surface area contributed by atoms with E-state index in [-0.39, 0.29) is 29.4 Å². The van der Waals surface area contributed by atoms with Gasteiger partial charge in [-0.1, -0.05) is 62.4 Å². The fraction of sp³-hybridized carbons (Fsp3) is 0.429. The molecule has 0 spiro atoms. The summed E-state index contributed by atoms with van der Waals surface area (Å²) in [5, 5.41) is 14.3. The number of rotatable bonds is 3. The van der Waals surface area contributed by atoms with Crippen LogP contribution in [0.3, 0.4) is 0 Å². The number of anilines is 1. The molecule has 3 N–H and O–H groups in total. The summed E-state index contributed by atoms with van der Waals surface area (Å²) in [6.45, 7) is 4.27. The summed E-state index contributed by atoms with van der Waals surface area (Å²) in [5.74, 6) is 0.774. The predicted molar refractivity (Wildman–Crippen MR) is 143 cm³/mol. The molecule has 2 heterocycles. The van der Waals surface area contributed by atoms with E-state index in [1.807, 2.05) is 32.0 Å². The highest BCUT2D eigenvalue weighted by Gasteiger charge is 2.25. The maximum Gasteiger partial charge on any atom is 0.264 e. The maximum absolute atomic E-state index is 13.3. The molecule has 1 aliphatic carbocycles. The molecule has 196 valence electrons. The fourth-order valence-electron chi connectivity index (χ4n) is 5.44. The molecule has 2 aromatic carbocycles. The Bertz CT molecular complexity index is 1350. The van der Waals surface area contributed by atoms with Crippen molar-refractivity contribution in [3.63, 3.8) is 0 Å². The van der Waals surface area contributed by atoms with E-state index in [9.17, 15) is 13.5 Å². The van der Waals surface area contributed by atoms with E-state index >= 15 is 0 Å². The predicted octanol–water partition coefficient (Wildman–Crippen LogP) is 4.87. The molecule has 1 aliphatic heterocycles. The summed E-state index contributed by atoms with van der Waals surface area (Å²) in [4.78, 5) is 8.99. The molecule has 3 aromatic rings. The number of benzene rings is 2. The molecule has 1 unspecified atom stereocenters. The van der Waals surface area contributed by atoms with Crippen molar-refractivity contribution >= 4 is 16.0 Å². The standard InChI is InChI=1S/C28H34N4O4S/c1-18-8-6-9-19(2)26(18)24-16-25-31-28(30-24)32-37(34,35)23-13-7-12-21(15-23)27(33)29-22(17-36-25)14-20-10-4-3-5-11-20/h6-9,12-13,15-16,20,22,27,29,33H,3-5,10-11,14,17H2,1-2H3,(H,30,31,32)/t22-,27?/m1/s1. The number of ether oxygens (including phenoxy) is 1. The summed E-state index contributed by atoms with van der Waals surface area (Å²) >= 11 is 0. The highest BCUT2D eigenvalue weighted by atomic mass is 32.2. The van der Waals surface area contributed by atoms with Gasteiger partial charge >= 0.3 is 0 Å². The van der Waals surface area contributed by atoms with Gasteiger partial charge in [0.25, 0.3) is 10.0 Å². The van der Waals surface area contributed by atoms with Crippen LogP contribution in [-0.4, -0.2) is 36.1 Å². The van der Waals surface area contributed by atoms with E-state index in [4.69, 9.17) is 4.74 Å². The largest absolute Gasteiger partial charge is 0.476 e. The van der Waals surface area contributed by atoms with Crippen LogP contribution >= 0.6 is 0 Å². The van der Waals surface area contributed by atoms with Crippen molar-refractivity contribution in [1.82, 2.24) is 15.3 Å². The van der Waals surface area contributed by atoms with E-state index in [0.717, 1.165) is 23.1 Å². The number of nitrogens with one attached hydrogen (secondary N) is 2. The second-order valence-electron chi connectivity index (χ2n) is 10.2. The molecule has 0 amide bonds. The minimum Gasteiger partial charge on any atom is -0.476 e. The quantitative estimate of drug-likeness (QED) is 0.450. The van der Waals surface area contributed by atoms with Crippen LogP contribution in [-0.2, 0) is 10.0 Å². The molecule has 0 radical (unpaired) electrons. The Hall–Kier alpha value is -3.01. The number of hydrogen-bond acceptors (Lipinski definition) is 7. The first-order chi connectivity index (χ1) is 17.8. The Labute approximate surface area is 218 Å². The number of sulfonamides is 1. The molecule has 2 atom stereocenters. The van der Waals surface area contributed by atoms with Crippen LogP contribution in [0.4, 0.5) is 5.95 Å². The highest BCUT2D eigenvalue weighted by molar-refractivity contribution is 7.92. The molecule has 1 saturated carbocycles. The van der Waals surface area contributed by atoms with Crippen molar-refractivity contribution in [3.8, 4) is 17.1 Å². The van der Waals surface area contributed by atoms with Crippen molar-refractivity contribution in [3.05, 3.63) is 65.2 Å². The molecule has 1 aromatic heterocycles. The number of aryl methyl sites for hydroxylation is 2. The molecule has 9 heteroatoms. The van der Waals surface area contributed by atoms with Gasteiger partial charge in [0, 0.05) is 17.7 Å². The van der Waals surface area contributed by atoms with Gasteiger partial charge in [0.15, 0.2) is 0 Å². The van der Waals surface area contributed by atoms with Gasteiger partial charge in [-0.25, -0.2) is 18.1 Å². The van der Waals surface area contributed by atoms with Crippen molar-refractivity contribution in [2.45, 2.75) is 69.5 Å². The molecule has 4 bridgehead atoms. The maximum atomic E-state index is 13.3. The van der Waals surface area contributed by atoms with Gasteiger partial charge in [-0.3, -0.25) is 5.32 Å². The van der Waals surface area contributed by atoms with Gasteiger partial charge in [-0.05, 0) is 55.0 Å². The molecule has 37 heavy (non-hydrogen) atoms. The van der Waals surface area contributed by atoms with Crippen LogP contribution in [0.1, 0.15) is 61.4 Å². The molecular weight excluding hydrogens is 488 g/mol. The minimum absolute atomic E-state index is 0.0254. The lowest BCUT2D eigenvalue weighted by Crippen LogP contribution is -2.39. The van der Waals surface area contributed by atoms with Crippen molar-refractivity contribution in [2.75, 3.05) is 11.3 Å².